The van der Waals surface area contributed by atoms with E-state index >= 15 is 0 Å². The van der Waals surface area contributed by atoms with Gasteiger partial charge in [0.05, 0.1) is 15.5 Å². The van der Waals surface area contributed by atoms with Crippen LogP contribution >= 0.6 is 36.7 Å². The Morgan fingerprint density at radius 2 is 1.42 bits per heavy atom. The summed E-state index contributed by atoms with van der Waals surface area (Å²) in [7, 11) is -2.92. The number of nitrogens with zero attached hydrogens (tertiary/aromatic N) is 3. The minimum Gasteiger partial charge on any atom is -0.508 e. The number of isothiocyanates is 3. The third-order valence-electron chi connectivity index (χ3n) is 5.56. The maximum absolute atomic E-state index is 10.1. The lowest BCUT2D eigenvalue weighted by Gasteiger charge is -2.14. The lowest BCUT2D eigenvalue weighted by molar-refractivity contribution is 0.474. The Morgan fingerprint density at radius 3 is 2.03 bits per heavy atom. The first-order valence-corrected chi connectivity index (χ1v) is 14.5. The third-order valence-corrected chi connectivity index (χ3v) is 8.75. The maximum atomic E-state index is 10.1. The van der Waals surface area contributed by atoms with E-state index in [1.807, 2.05) is 12.1 Å². The molecule has 0 heterocycles. The maximum Gasteiger partial charge on any atom is 0.461 e. The summed E-state index contributed by atoms with van der Waals surface area (Å²) >= 11 is 14.3. The second-order valence-electron chi connectivity index (χ2n) is 7.94. The fraction of sp³-hybridized carbons (Fsp3) is 0.400. The van der Waals surface area contributed by atoms with E-state index in [0.29, 0.717) is 12.5 Å². The van der Waals surface area contributed by atoms with Crippen molar-refractivity contribution in [2.24, 2.45) is 14.0 Å². The first-order chi connectivity index (χ1) is 16.1. The number of hydrogen-bond acceptors (Lipinski definition) is 7. The molecule has 0 amide bonds. The average Bonchev–Trinajstić information content (AvgIpc) is 2.80. The standard InChI is InChI=1S/C25H29N3OS3Si/c1-2-3-4-5-6-8-21-10-12-22(13-11-21)25-15-14-24(29)17-23(25)9-7-16-33(26-18-30,27-19-31)28-20-32/h10-15,17,29H,2-9,16H2,1H3. The van der Waals surface area contributed by atoms with E-state index in [9.17, 15) is 5.11 Å². The predicted octanol–water partition coefficient (Wildman–Crippen LogP) is 7.75. The topological polar surface area (TPSA) is 57.3 Å². The van der Waals surface area contributed by atoms with Crippen LogP contribution in [0.4, 0.5) is 0 Å². The van der Waals surface area contributed by atoms with Gasteiger partial charge >= 0.3 is 8.56 Å². The molecule has 0 saturated heterocycles. The van der Waals surface area contributed by atoms with Crippen molar-refractivity contribution in [3.63, 3.8) is 0 Å². The lowest BCUT2D eigenvalue weighted by Crippen LogP contribution is -2.27. The number of rotatable bonds is 14. The molecule has 0 aliphatic heterocycles. The molecule has 4 nitrogen and oxygen atoms in total. The Morgan fingerprint density at radius 1 is 0.788 bits per heavy atom. The third kappa shape index (κ3) is 8.96. The number of aryl methyl sites for hydroxylation is 2. The average molecular weight is 512 g/mol. The van der Waals surface area contributed by atoms with Crippen molar-refractivity contribution >= 4 is 60.7 Å². The van der Waals surface area contributed by atoms with Crippen molar-refractivity contribution in [3.05, 3.63) is 53.6 Å². The molecule has 0 aliphatic rings. The zero-order valence-electron chi connectivity index (χ0n) is 18.9. The molecule has 33 heavy (non-hydrogen) atoms. The Kier molecular flexibility index (Phi) is 12.2. The monoisotopic (exact) mass is 511 g/mol. The Bertz CT molecular complexity index is 1010. The van der Waals surface area contributed by atoms with Crippen LogP contribution in [0.5, 0.6) is 5.75 Å². The zero-order chi connectivity index (χ0) is 23.9. The summed E-state index contributed by atoms with van der Waals surface area (Å²) in [6.07, 6.45) is 8.97. The molecule has 0 unspecified atom stereocenters. The van der Waals surface area contributed by atoms with E-state index < -0.39 is 8.56 Å². The van der Waals surface area contributed by atoms with Crippen LogP contribution in [0, 0.1) is 0 Å². The van der Waals surface area contributed by atoms with Gasteiger partial charge in [-0.15, -0.1) is 0 Å². The smallest absolute Gasteiger partial charge is 0.461 e. The zero-order valence-corrected chi connectivity index (χ0v) is 22.4. The van der Waals surface area contributed by atoms with E-state index in [1.165, 1.54) is 37.7 Å². The second kappa shape index (κ2) is 14.9. The van der Waals surface area contributed by atoms with Crippen LogP contribution in [0.1, 0.15) is 56.6 Å². The summed E-state index contributed by atoms with van der Waals surface area (Å²) in [4.78, 5) is 0. The predicted molar refractivity (Wildman–Crippen MR) is 150 cm³/mol. The molecule has 2 aromatic rings. The van der Waals surface area contributed by atoms with Gasteiger partial charge in [0.15, 0.2) is 0 Å². The van der Waals surface area contributed by atoms with Gasteiger partial charge in [-0.3, -0.25) is 0 Å². The summed E-state index contributed by atoms with van der Waals surface area (Å²) < 4.78 is 12.5. The number of hydrogen-bond donors (Lipinski definition) is 1. The largest absolute Gasteiger partial charge is 0.508 e. The lowest BCUT2D eigenvalue weighted by atomic mass is 9.95. The van der Waals surface area contributed by atoms with Crippen molar-refractivity contribution in [3.8, 4) is 16.9 Å². The van der Waals surface area contributed by atoms with Crippen LogP contribution < -0.4 is 0 Å². The highest BCUT2D eigenvalue weighted by molar-refractivity contribution is 7.78. The fourth-order valence-electron chi connectivity index (χ4n) is 3.83. The van der Waals surface area contributed by atoms with Crippen molar-refractivity contribution < 1.29 is 5.11 Å². The van der Waals surface area contributed by atoms with Crippen molar-refractivity contribution in [2.45, 2.75) is 64.3 Å². The summed E-state index contributed by atoms with van der Waals surface area (Å²) in [6, 6.07) is 14.8. The first kappa shape index (κ1) is 27.1. The highest BCUT2D eigenvalue weighted by Crippen LogP contribution is 2.30. The van der Waals surface area contributed by atoms with Gasteiger partial charge in [0.2, 0.25) is 0 Å². The van der Waals surface area contributed by atoms with Crippen LogP contribution in [0.3, 0.4) is 0 Å². The SMILES string of the molecule is CCCCCCCc1ccc(-c2ccc(O)cc2CCC[Si](N=C=S)(N=C=S)N=C=S)cc1. The fourth-order valence-corrected chi connectivity index (χ4v) is 6.72. The second-order valence-corrected chi connectivity index (χ2v) is 11.2. The Hall–Kier alpha value is -2.14. The molecule has 2 rings (SSSR count). The van der Waals surface area contributed by atoms with Crippen molar-refractivity contribution in [1.29, 1.82) is 0 Å². The van der Waals surface area contributed by atoms with Crippen LogP contribution in [0.2, 0.25) is 6.04 Å². The van der Waals surface area contributed by atoms with Crippen LogP contribution in [-0.2, 0) is 12.8 Å². The number of phenolic OH excluding ortho intramolecular Hbond substituents is 1. The molecule has 172 valence electrons. The van der Waals surface area contributed by atoms with Crippen LogP contribution in [0.25, 0.3) is 11.1 Å². The molecule has 2 aromatic carbocycles. The summed E-state index contributed by atoms with van der Waals surface area (Å²) in [6.45, 7) is 2.24. The van der Waals surface area contributed by atoms with E-state index in [0.717, 1.165) is 29.5 Å². The molecule has 0 fully saturated rings. The molecular weight excluding hydrogens is 483 g/mol. The number of thiocarbonyl (C=S) groups is 3. The van der Waals surface area contributed by atoms with Crippen molar-refractivity contribution in [1.82, 2.24) is 0 Å². The Labute approximate surface area is 213 Å². The van der Waals surface area contributed by atoms with Gasteiger partial charge in [-0.2, -0.15) is 0 Å². The molecule has 8 heteroatoms. The molecular formula is C25H29N3OS3Si. The van der Waals surface area contributed by atoms with Gasteiger partial charge in [0, 0.05) is 6.04 Å². The van der Waals surface area contributed by atoms with E-state index in [2.05, 4.69) is 60.6 Å². The molecule has 0 spiro atoms. The van der Waals surface area contributed by atoms with Crippen molar-refractivity contribution in [2.75, 3.05) is 0 Å². The molecule has 0 bridgehead atoms. The summed E-state index contributed by atoms with van der Waals surface area (Å²) in [5.74, 6) is 0.242. The van der Waals surface area contributed by atoms with Crippen LogP contribution in [-0.4, -0.2) is 29.1 Å². The quantitative estimate of drug-likeness (QED) is 0.122. The summed E-state index contributed by atoms with van der Waals surface area (Å²) in [5.41, 5.74) is 4.65. The molecule has 0 radical (unpaired) electrons. The number of benzene rings is 2. The van der Waals surface area contributed by atoms with Gasteiger partial charge < -0.3 is 5.11 Å². The highest BCUT2D eigenvalue weighted by atomic mass is 32.1. The number of unbranched alkanes of at least 4 members (excludes halogenated alkanes) is 4. The first-order valence-electron chi connectivity index (χ1n) is 11.3. The van der Waals surface area contributed by atoms with Gasteiger partial charge in [-0.05, 0) is 96.7 Å². The normalized spacial score (nSPS) is 12.0. The molecule has 0 aromatic heterocycles. The van der Waals surface area contributed by atoms with Gasteiger partial charge in [-0.1, -0.05) is 62.9 Å². The van der Waals surface area contributed by atoms with Gasteiger partial charge in [-0.25, -0.2) is 14.0 Å². The highest BCUT2D eigenvalue weighted by Gasteiger charge is 2.33. The van der Waals surface area contributed by atoms with E-state index in [1.54, 1.807) is 6.07 Å². The van der Waals surface area contributed by atoms with Crippen LogP contribution in [0.15, 0.2) is 56.4 Å². The molecule has 0 atom stereocenters. The minimum absolute atomic E-state index is 0.242. The minimum atomic E-state index is -2.92. The van der Waals surface area contributed by atoms with Gasteiger partial charge in [0.1, 0.15) is 5.75 Å². The molecule has 0 saturated carbocycles. The number of aromatic hydroxyl groups is 1. The number of phenols is 1. The molecule has 0 aliphatic carbocycles. The van der Waals surface area contributed by atoms with E-state index in [-0.39, 0.29) is 5.75 Å². The van der Waals surface area contributed by atoms with Gasteiger partial charge in [0.25, 0.3) is 0 Å². The van der Waals surface area contributed by atoms with E-state index in [4.69, 9.17) is 36.7 Å². The Balaban J connectivity index is 2.13. The summed E-state index contributed by atoms with van der Waals surface area (Å²) in [5, 5.41) is 17.2. The molecule has 1 N–H and O–H groups in total.